The Labute approximate surface area is 148 Å². The van der Waals surface area contributed by atoms with Crippen molar-refractivity contribution < 1.29 is 9.59 Å². The smallest absolute Gasteiger partial charge is 0.248 e. The lowest BCUT2D eigenvalue weighted by Crippen LogP contribution is -2.41. The van der Waals surface area contributed by atoms with Crippen LogP contribution < -0.4 is 16.4 Å². The third kappa shape index (κ3) is 5.16. The average molecular weight is 339 g/mol. The summed E-state index contributed by atoms with van der Waals surface area (Å²) in [6, 6.07) is 16.3. The number of nitrogens with one attached hydrogen (secondary N) is 2. The average Bonchev–Trinajstić information content (AvgIpc) is 2.60. The molecular weight excluding hydrogens is 314 g/mol. The molecule has 4 N–H and O–H groups in total. The highest BCUT2D eigenvalue weighted by molar-refractivity contribution is 5.96. The first kappa shape index (κ1) is 18.7. The van der Waals surface area contributed by atoms with Crippen LogP contribution in [0, 0.1) is 5.92 Å². The summed E-state index contributed by atoms with van der Waals surface area (Å²) >= 11 is 0. The number of rotatable bonds is 7. The van der Waals surface area contributed by atoms with E-state index >= 15 is 0 Å². The normalized spacial score (nSPS) is 13.3. The molecule has 0 heterocycles. The topological polar surface area (TPSA) is 84.2 Å². The van der Waals surface area contributed by atoms with E-state index < -0.39 is 5.91 Å². The molecular formula is C20H25N3O2. The molecule has 2 atom stereocenters. The van der Waals surface area contributed by atoms with Crippen molar-refractivity contribution in [1.29, 1.82) is 0 Å². The Kier molecular flexibility index (Phi) is 6.31. The summed E-state index contributed by atoms with van der Waals surface area (Å²) in [4.78, 5) is 23.5. The van der Waals surface area contributed by atoms with Gasteiger partial charge in [0, 0.05) is 17.3 Å². The largest absolute Gasteiger partial charge is 0.366 e. The summed E-state index contributed by atoms with van der Waals surface area (Å²) < 4.78 is 0. The lowest BCUT2D eigenvalue weighted by atomic mass is 9.95. The highest BCUT2D eigenvalue weighted by atomic mass is 16.2. The van der Waals surface area contributed by atoms with Crippen LogP contribution in [0.5, 0.6) is 0 Å². The van der Waals surface area contributed by atoms with Gasteiger partial charge in [-0.3, -0.25) is 14.9 Å². The summed E-state index contributed by atoms with van der Waals surface area (Å²) in [5, 5.41) is 6.25. The molecule has 25 heavy (non-hydrogen) atoms. The zero-order valence-electron chi connectivity index (χ0n) is 14.8. The minimum Gasteiger partial charge on any atom is -0.366 e. The number of nitrogens with two attached hydrogens (primary N) is 1. The summed E-state index contributed by atoms with van der Waals surface area (Å²) in [6.07, 6.45) is 0. The molecule has 0 fully saturated rings. The van der Waals surface area contributed by atoms with Gasteiger partial charge in [0.1, 0.15) is 0 Å². The second-order valence-corrected chi connectivity index (χ2v) is 6.45. The molecule has 2 aromatic carbocycles. The first-order valence-electron chi connectivity index (χ1n) is 8.40. The molecule has 2 amide bonds. The molecule has 0 unspecified atom stereocenters. The fraction of sp³-hybridized carbons (Fsp3) is 0.300. The van der Waals surface area contributed by atoms with Crippen LogP contribution in [-0.4, -0.2) is 17.9 Å². The second kappa shape index (κ2) is 8.44. The first-order chi connectivity index (χ1) is 11.9. The van der Waals surface area contributed by atoms with Gasteiger partial charge in [-0.05, 0) is 42.7 Å². The molecule has 0 aliphatic rings. The fourth-order valence-electron chi connectivity index (χ4n) is 2.65. The number of hydrogen-bond donors (Lipinski definition) is 3. The minimum absolute atomic E-state index is 0.0826. The summed E-state index contributed by atoms with van der Waals surface area (Å²) in [5.41, 5.74) is 7.41. The number of primary amides is 1. The van der Waals surface area contributed by atoms with Gasteiger partial charge >= 0.3 is 0 Å². The van der Waals surface area contributed by atoms with E-state index in [2.05, 4.69) is 36.6 Å². The van der Waals surface area contributed by atoms with E-state index in [1.807, 2.05) is 25.1 Å². The van der Waals surface area contributed by atoms with Gasteiger partial charge in [-0.1, -0.05) is 44.2 Å². The number of benzene rings is 2. The van der Waals surface area contributed by atoms with Crippen molar-refractivity contribution in [2.45, 2.75) is 32.9 Å². The number of amides is 2. The predicted molar refractivity (Wildman–Crippen MR) is 100 cm³/mol. The molecule has 0 saturated carbocycles. The van der Waals surface area contributed by atoms with Crippen LogP contribution in [0.4, 0.5) is 5.69 Å². The maximum absolute atomic E-state index is 12.5. The molecule has 2 aromatic rings. The van der Waals surface area contributed by atoms with Crippen LogP contribution in [0.25, 0.3) is 0 Å². The van der Waals surface area contributed by atoms with E-state index in [9.17, 15) is 9.59 Å². The van der Waals surface area contributed by atoms with Crippen molar-refractivity contribution in [2.24, 2.45) is 11.7 Å². The third-order valence-corrected chi connectivity index (χ3v) is 4.09. The van der Waals surface area contributed by atoms with Gasteiger partial charge < -0.3 is 11.1 Å². The standard InChI is InChI=1S/C20H25N3O2/c1-13(2)18(15-7-5-4-6-8-15)22-14(3)20(25)23-17-11-9-16(10-12-17)19(21)24/h4-14,18,22H,1-3H3,(H2,21,24)(H,23,25)/t14-,18-/m1/s1. The molecule has 0 saturated heterocycles. The van der Waals surface area contributed by atoms with Crippen molar-refractivity contribution in [2.75, 3.05) is 5.32 Å². The third-order valence-electron chi connectivity index (χ3n) is 4.09. The molecule has 0 aliphatic carbocycles. The van der Waals surface area contributed by atoms with E-state index in [-0.39, 0.29) is 18.0 Å². The fourth-order valence-corrected chi connectivity index (χ4v) is 2.65. The SMILES string of the molecule is CC(C)[C@@H](N[C@H](C)C(=O)Nc1ccc(C(N)=O)cc1)c1ccccc1. The van der Waals surface area contributed by atoms with Crippen LogP contribution in [-0.2, 0) is 4.79 Å². The highest BCUT2D eigenvalue weighted by Crippen LogP contribution is 2.22. The summed E-state index contributed by atoms with van der Waals surface area (Å²) in [5.74, 6) is -0.281. The van der Waals surface area contributed by atoms with Gasteiger partial charge in [0.15, 0.2) is 0 Å². The quantitative estimate of drug-likeness (QED) is 0.725. The highest BCUT2D eigenvalue weighted by Gasteiger charge is 2.21. The van der Waals surface area contributed by atoms with Gasteiger partial charge in [0.25, 0.3) is 0 Å². The number of anilines is 1. The molecule has 5 nitrogen and oxygen atoms in total. The predicted octanol–water partition coefficient (Wildman–Crippen LogP) is 3.10. The summed E-state index contributed by atoms with van der Waals surface area (Å²) in [6.45, 7) is 6.08. The zero-order valence-corrected chi connectivity index (χ0v) is 14.8. The maximum Gasteiger partial charge on any atom is 0.248 e. The molecule has 2 rings (SSSR count). The Morgan fingerprint density at radius 1 is 0.920 bits per heavy atom. The van der Waals surface area contributed by atoms with Crippen LogP contribution in [0.15, 0.2) is 54.6 Å². The molecule has 0 radical (unpaired) electrons. The van der Waals surface area contributed by atoms with Gasteiger partial charge in [-0.2, -0.15) is 0 Å². The van der Waals surface area contributed by atoms with Crippen LogP contribution in [0.3, 0.4) is 0 Å². The number of carbonyl (C=O) groups is 2. The molecule has 0 aliphatic heterocycles. The molecule has 0 spiro atoms. The van der Waals surface area contributed by atoms with Crippen molar-refractivity contribution >= 4 is 17.5 Å². The van der Waals surface area contributed by atoms with Gasteiger partial charge in [-0.25, -0.2) is 0 Å². The number of carbonyl (C=O) groups excluding carboxylic acids is 2. The second-order valence-electron chi connectivity index (χ2n) is 6.45. The van der Waals surface area contributed by atoms with E-state index in [0.29, 0.717) is 17.2 Å². The number of hydrogen-bond acceptors (Lipinski definition) is 3. The Morgan fingerprint density at radius 3 is 2.04 bits per heavy atom. The van der Waals surface area contributed by atoms with E-state index in [0.717, 1.165) is 5.56 Å². The lowest BCUT2D eigenvalue weighted by Gasteiger charge is -2.26. The van der Waals surface area contributed by atoms with Crippen molar-refractivity contribution in [3.05, 3.63) is 65.7 Å². The van der Waals surface area contributed by atoms with Crippen LogP contribution in [0.2, 0.25) is 0 Å². The zero-order chi connectivity index (χ0) is 18.4. The first-order valence-corrected chi connectivity index (χ1v) is 8.40. The summed E-state index contributed by atoms with van der Waals surface area (Å²) in [7, 11) is 0. The van der Waals surface area contributed by atoms with Crippen molar-refractivity contribution in [3.63, 3.8) is 0 Å². The molecule has 0 aromatic heterocycles. The molecule has 0 bridgehead atoms. The molecule has 5 heteroatoms. The molecule has 132 valence electrons. The van der Waals surface area contributed by atoms with Gasteiger partial charge in [0.05, 0.1) is 6.04 Å². The Morgan fingerprint density at radius 2 is 1.52 bits per heavy atom. The van der Waals surface area contributed by atoms with Crippen LogP contribution in [0.1, 0.15) is 42.7 Å². The monoisotopic (exact) mass is 339 g/mol. The van der Waals surface area contributed by atoms with Gasteiger partial charge in [-0.15, -0.1) is 0 Å². The Hall–Kier alpha value is -2.66. The van der Waals surface area contributed by atoms with E-state index in [1.54, 1.807) is 24.3 Å². The van der Waals surface area contributed by atoms with Gasteiger partial charge in [0.2, 0.25) is 11.8 Å². The van der Waals surface area contributed by atoms with E-state index in [1.165, 1.54) is 0 Å². The Bertz CT molecular complexity index is 711. The lowest BCUT2D eigenvalue weighted by molar-refractivity contribution is -0.118. The van der Waals surface area contributed by atoms with Crippen molar-refractivity contribution in [3.8, 4) is 0 Å². The minimum atomic E-state index is -0.490. The van der Waals surface area contributed by atoms with Crippen LogP contribution >= 0.6 is 0 Å². The van der Waals surface area contributed by atoms with Crippen molar-refractivity contribution in [1.82, 2.24) is 5.32 Å². The Balaban J connectivity index is 2.02. The van der Waals surface area contributed by atoms with E-state index in [4.69, 9.17) is 5.73 Å². The maximum atomic E-state index is 12.5.